The molecule has 5 heteroatoms. The maximum Gasteiger partial charge on any atom is 0.303 e. The minimum absolute atomic E-state index is 0.0590. The molecule has 94 valence electrons. The first-order valence-corrected chi connectivity index (χ1v) is 5.96. The smallest absolute Gasteiger partial charge is 0.303 e. The number of rotatable bonds is 2. The Morgan fingerprint density at radius 3 is 2.53 bits per heavy atom. The van der Waals surface area contributed by atoms with E-state index in [9.17, 15) is 9.59 Å². The van der Waals surface area contributed by atoms with Crippen LogP contribution in [-0.4, -0.2) is 36.4 Å². The molecule has 6 unspecified atom stereocenters. The van der Waals surface area contributed by atoms with Crippen LogP contribution < -0.4 is 0 Å². The van der Waals surface area contributed by atoms with E-state index >= 15 is 0 Å². The fraction of sp³-hybridized carbons (Fsp3) is 0.833. The molecule has 0 bridgehead atoms. The van der Waals surface area contributed by atoms with E-state index in [2.05, 4.69) is 0 Å². The first kappa shape index (κ1) is 11.0. The van der Waals surface area contributed by atoms with E-state index in [-0.39, 0.29) is 41.9 Å². The summed E-state index contributed by atoms with van der Waals surface area (Å²) in [6.45, 7) is 5.27. The minimum atomic E-state index is -0.511. The molecule has 6 atom stereocenters. The second-order valence-electron chi connectivity index (χ2n) is 5.31. The van der Waals surface area contributed by atoms with Crippen molar-refractivity contribution in [2.24, 2.45) is 17.8 Å². The summed E-state index contributed by atoms with van der Waals surface area (Å²) >= 11 is 0. The molecule has 1 aliphatic heterocycles. The normalized spacial score (nSPS) is 49.7. The van der Waals surface area contributed by atoms with Crippen molar-refractivity contribution in [2.75, 3.05) is 6.61 Å². The second kappa shape index (κ2) is 3.22. The molecule has 0 aromatic rings. The van der Waals surface area contributed by atoms with E-state index in [4.69, 9.17) is 14.2 Å². The van der Waals surface area contributed by atoms with Crippen LogP contribution in [0.4, 0.5) is 0 Å². The predicted octanol–water partition coefficient (Wildman–Crippen LogP) is 0.514. The zero-order valence-corrected chi connectivity index (χ0v) is 10.1. The van der Waals surface area contributed by atoms with Gasteiger partial charge in [-0.1, -0.05) is 6.92 Å². The molecule has 2 saturated carbocycles. The molecule has 3 aliphatic rings. The number of carbonyl (C=O) groups excluding carboxylic acids is 2. The lowest BCUT2D eigenvalue weighted by molar-refractivity contribution is -0.155. The van der Waals surface area contributed by atoms with Gasteiger partial charge in [-0.3, -0.25) is 9.59 Å². The lowest BCUT2D eigenvalue weighted by Crippen LogP contribution is -2.34. The molecule has 1 saturated heterocycles. The number of hydrogen-bond donors (Lipinski definition) is 0. The Kier molecular flexibility index (Phi) is 2.09. The van der Waals surface area contributed by atoms with E-state index in [0.29, 0.717) is 6.61 Å². The largest absolute Gasteiger partial charge is 0.462 e. The van der Waals surface area contributed by atoms with Gasteiger partial charge in [-0.15, -0.1) is 0 Å². The van der Waals surface area contributed by atoms with Gasteiger partial charge in [0, 0.05) is 31.6 Å². The number of carbonyl (C=O) groups is 2. The molecule has 0 N–H and O–H groups in total. The van der Waals surface area contributed by atoms with Crippen molar-refractivity contribution in [1.29, 1.82) is 0 Å². The Morgan fingerprint density at radius 2 is 1.94 bits per heavy atom. The molecular weight excluding hydrogens is 224 g/mol. The van der Waals surface area contributed by atoms with Crippen LogP contribution in [0.15, 0.2) is 0 Å². The summed E-state index contributed by atoms with van der Waals surface area (Å²) in [6, 6.07) is 0. The molecule has 0 aromatic heterocycles. The highest BCUT2D eigenvalue weighted by Crippen LogP contribution is 2.69. The van der Waals surface area contributed by atoms with E-state index < -0.39 is 5.60 Å². The highest BCUT2D eigenvalue weighted by Gasteiger charge is 2.83. The number of fused-ring (bicyclic) bond motifs is 1. The Balaban J connectivity index is 1.82. The van der Waals surface area contributed by atoms with Gasteiger partial charge in [0.2, 0.25) is 0 Å². The van der Waals surface area contributed by atoms with Gasteiger partial charge in [0.1, 0.15) is 11.7 Å². The maximum atomic E-state index is 11.1. The highest BCUT2D eigenvalue weighted by atomic mass is 16.6. The van der Waals surface area contributed by atoms with E-state index in [1.807, 2.05) is 6.92 Å². The summed E-state index contributed by atoms with van der Waals surface area (Å²) in [5.74, 6) is -0.0560. The minimum Gasteiger partial charge on any atom is -0.462 e. The molecule has 3 rings (SSSR count). The Labute approximate surface area is 99.4 Å². The summed E-state index contributed by atoms with van der Waals surface area (Å²) in [4.78, 5) is 22.2. The van der Waals surface area contributed by atoms with Gasteiger partial charge in [0.25, 0.3) is 0 Å². The fourth-order valence-corrected chi connectivity index (χ4v) is 3.76. The summed E-state index contributed by atoms with van der Waals surface area (Å²) in [5, 5.41) is 0. The SMILES string of the molecule is CC(=O)OC1C(C)C2OCC3(OC(C)=O)C2C13. The average molecular weight is 240 g/mol. The third kappa shape index (κ3) is 1.29. The van der Waals surface area contributed by atoms with Crippen LogP contribution in [0.1, 0.15) is 20.8 Å². The number of hydrogen-bond acceptors (Lipinski definition) is 5. The monoisotopic (exact) mass is 240 g/mol. The second-order valence-corrected chi connectivity index (χ2v) is 5.31. The molecule has 1 heterocycles. The van der Waals surface area contributed by atoms with Crippen molar-refractivity contribution >= 4 is 11.9 Å². The first-order chi connectivity index (χ1) is 7.97. The molecular formula is C12H16O5. The van der Waals surface area contributed by atoms with Crippen LogP contribution >= 0.6 is 0 Å². The van der Waals surface area contributed by atoms with Crippen molar-refractivity contribution in [2.45, 2.75) is 38.6 Å². The van der Waals surface area contributed by atoms with E-state index in [1.54, 1.807) is 0 Å². The Morgan fingerprint density at radius 1 is 1.24 bits per heavy atom. The lowest BCUT2D eigenvalue weighted by atomic mass is 9.97. The van der Waals surface area contributed by atoms with Crippen LogP contribution in [0.25, 0.3) is 0 Å². The Hall–Kier alpha value is -1.10. The number of esters is 2. The van der Waals surface area contributed by atoms with Crippen LogP contribution in [0, 0.1) is 17.8 Å². The zero-order chi connectivity index (χ0) is 12.4. The molecule has 3 fully saturated rings. The van der Waals surface area contributed by atoms with E-state index in [1.165, 1.54) is 13.8 Å². The molecule has 0 radical (unpaired) electrons. The third-order valence-electron chi connectivity index (χ3n) is 4.29. The highest BCUT2D eigenvalue weighted by molar-refractivity contribution is 5.68. The van der Waals surface area contributed by atoms with Crippen molar-refractivity contribution in [3.8, 4) is 0 Å². The number of ether oxygens (including phenoxy) is 3. The molecule has 0 spiro atoms. The summed E-state index contributed by atoms with van der Waals surface area (Å²) in [7, 11) is 0. The van der Waals surface area contributed by atoms with Gasteiger partial charge >= 0.3 is 11.9 Å². The maximum absolute atomic E-state index is 11.1. The summed E-state index contributed by atoms with van der Waals surface area (Å²) < 4.78 is 16.4. The van der Waals surface area contributed by atoms with Gasteiger partial charge < -0.3 is 14.2 Å². The molecule has 2 aliphatic carbocycles. The van der Waals surface area contributed by atoms with Crippen molar-refractivity contribution in [3.63, 3.8) is 0 Å². The summed E-state index contributed by atoms with van der Waals surface area (Å²) in [6.07, 6.45) is -0.118. The average Bonchev–Trinajstić information content (AvgIpc) is 2.56. The van der Waals surface area contributed by atoms with Crippen molar-refractivity contribution in [3.05, 3.63) is 0 Å². The quantitative estimate of drug-likeness (QED) is 0.658. The molecule has 0 aromatic carbocycles. The van der Waals surface area contributed by atoms with Crippen LogP contribution in [0.5, 0.6) is 0 Å². The van der Waals surface area contributed by atoms with Gasteiger partial charge in [0.15, 0.2) is 0 Å². The third-order valence-corrected chi connectivity index (χ3v) is 4.29. The topological polar surface area (TPSA) is 61.8 Å². The first-order valence-electron chi connectivity index (χ1n) is 5.96. The van der Waals surface area contributed by atoms with Gasteiger partial charge in [0.05, 0.1) is 12.7 Å². The summed E-state index contributed by atoms with van der Waals surface area (Å²) in [5.41, 5.74) is -0.511. The molecule has 0 amide bonds. The Bertz CT molecular complexity index is 392. The van der Waals surface area contributed by atoms with Gasteiger partial charge in [-0.05, 0) is 0 Å². The van der Waals surface area contributed by atoms with Crippen molar-refractivity contribution in [1.82, 2.24) is 0 Å². The van der Waals surface area contributed by atoms with Gasteiger partial charge in [-0.25, -0.2) is 0 Å². The van der Waals surface area contributed by atoms with Gasteiger partial charge in [-0.2, -0.15) is 0 Å². The zero-order valence-electron chi connectivity index (χ0n) is 10.1. The van der Waals surface area contributed by atoms with Crippen molar-refractivity contribution < 1.29 is 23.8 Å². The van der Waals surface area contributed by atoms with E-state index in [0.717, 1.165) is 0 Å². The molecule has 5 nitrogen and oxygen atoms in total. The molecule has 17 heavy (non-hydrogen) atoms. The standard InChI is InChI=1S/C12H16O5/c1-5-10-8-9(11(5)16-6(2)13)12(8,4-15-10)17-7(3)14/h5,8-11H,4H2,1-3H3. The van der Waals surface area contributed by atoms with Crippen LogP contribution in [0.3, 0.4) is 0 Å². The lowest BCUT2D eigenvalue weighted by Gasteiger charge is -2.23. The van der Waals surface area contributed by atoms with Crippen LogP contribution in [0.2, 0.25) is 0 Å². The van der Waals surface area contributed by atoms with Crippen LogP contribution in [-0.2, 0) is 23.8 Å². The fourth-order valence-electron chi connectivity index (χ4n) is 3.76. The predicted molar refractivity (Wildman–Crippen MR) is 55.9 cm³/mol.